The van der Waals surface area contributed by atoms with Crippen molar-refractivity contribution in [3.8, 4) is 5.75 Å². The molecule has 0 atom stereocenters. The molecule has 0 spiro atoms. The largest absolute Gasteiger partial charge is 0.392 e. The van der Waals surface area contributed by atoms with Crippen LogP contribution in [0.2, 0.25) is 0 Å². The lowest BCUT2D eigenvalue weighted by atomic mass is 10.1. The van der Waals surface area contributed by atoms with Crippen LogP contribution in [0.4, 0.5) is 5.69 Å². The Morgan fingerprint density at radius 1 is 0.920 bits per heavy atom. The molecule has 6 heteroatoms. The van der Waals surface area contributed by atoms with E-state index in [2.05, 4.69) is 0 Å². The van der Waals surface area contributed by atoms with Crippen LogP contribution in [0.15, 0.2) is 65.6 Å². The second kappa shape index (κ2) is 6.74. The van der Waals surface area contributed by atoms with Gasteiger partial charge in [0.15, 0.2) is 0 Å². The Balaban J connectivity index is 2.06. The van der Waals surface area contributed by atoms with Gasteiger partial charge in [0.2, 0.25) is 0 Å². The van der Waals surface area contributed by atoms with Crippen molar-refractivity contribution in [1.82, 2.24) is 0 Å². The number of anilines is 1. The zero-order valence-corrected chi connectivity index (χ0v) is 14.8. The Hall–Kier alpha value is -2.57. The molecule has 25 heavy (non-hydrogen) atoms. The zero-order valence-electron chi connectivity index (χ0n) is 14.0. The van der Waals surface area contributed by atoms with Crippen molar-refractivity contribution >= 4 is 26.6 Å². The SMILES string of the molecule is CN(C)c1cccc2c(S(=O)(=O)Oc3ccc(CO)cc3)cccc12. The Bertz CT molecular complexity index is 996. The Labute approximate surface area is 147 Å². The second-order valence-electron chi connectivity index (χ2n) is 5.86. The number of hydrogen-bond donors (Lipinski definition) is 1. The Morgan fingerprint density at radius 3 is 2.20 bits per heavy atom. The van der Waals surface area contributed by atoms with Gasteiger partial charge in [0.05, 0.1) is 6.61 Å². The van der Waals surface area contributed by atoms with E-state index >= 15 is 0 Å². The molecule has 0 saturated carbocycles. The van der Waals surface area contributed by atoms with Crippen molar-refractivity contribution in [3.63, 3.8) is 0 Å². The van der Waals surface area contributed by atoms with E-state index in [0.29, 0.717) is 10.9 Å². The smallest absolute Gasteiger partial charge is 0.339 e. The average Bonchev–Trinajstić information content (AvgIpc) is 2.60. The highest BCUT2D eigenvalue weighted by Crippen LogP contribution is 2.31. The van der Waals surface area contributed by atoms with E-state index in [1.165, 1.54) is 12.1 Å². The van der Waals surface area contributed by atoms with Crippen LogP contribution >= 0.6 is 0 Å². The fourth-order valence-electron chi connectivity index (χ4n) is 2.69. The maximum atomic E-state index is 12.8. The first kappa shape index (κ1) is 17.3. The van der Waals surface area contributed by atoms with Crippen LogP contribution in [0.1, 0.15) is 5.56 Å². The number of aliphatic hydroxyl groups excluding tert-OH is 1. The molecule has 0 unspecified atom stereocenters. The van der Waals surface area contributed by atoms with Gasteiger partial charge in [0.25, 0.3) is 0 Å². The summed E-state index contributed by atoms with van der Waals surface area (Å²) in [6.07, 6.45) is 0. The van der Waals surface area contributed by atoms with Crippen molar-refractivity contribution in [3.05, 3.63) is 66.2 Å². The van der Waals surface area contributed by atoms with E-state index in [-0.39, 0.29) is 17.3 Å². The van der Waals surface area contributed by atoms with Gasteiger partial charge in [-0.3, -0.25) is 0 Å². The third-order valence-corrected chi connectivity index (χ3v) is 5.23. The fourth-order valence-corrected chi connectivity index (χ4v) is 3.84. The molecule has 3 rings (SSSR count). The van der Waals surface area contributed by atoms with Crippen LogP contribution in [0.5, 0.6) is 5.75 Å². The standard InChI is InChI=1S/C19H19NO4S/c1-20(2)18-7-3-6-17-16(18)5-4-8-19(17)25(22,23)24-15-11-9-14(13-21)10-12-15/h3-12,21H,13H2,1-2H3. The predicted molar refractivity (Wildman–Crippen MR) is 98.5 cm³/mol. The lowest BCUT2D eigenvalue weighted by Gasteiger charge is -2.17. The molecule has 0 heterocycles. The summed E-state index contributed by atoms with van der Waals surface area (Å²) < 4.78 is 30.8. The number of fused-ring (bicyclic) bond motifs is 1. The van der Waals surface area contributed by atoms with Gasteiger partial charge >= 0.3 is 10.1 Å². The molecule has 3 aromatic carbocycles. The Kier molecular flexibility index (Phi) is 4.65. The molecular formula is C19H19NO4S. The van der Waals surface area contributed by atoms with E-state index < -0.39 is 10.1 Å². The molecule has 0 aliphatic rings. The lowest BCUT2D eigenvalue weighted by molar-refractivity contribution is 0.282. The quantitative estimate of drug-likeness (QED) is 0.711. The molecule has 0 aromatic heterocycles. The average molecular weight is 357 g/mol. The van der Waals surface area contributed by atoms with E-state index in [0.717, 1.165) is 11.1 Å². The maximum absolute atomic E-state index is 12.8. The second-order valence-corrected chi connectivity index (χ2v) is 7.38. The predicted octanol–water partition coefficient (Wildman–Crippen LogP) is 3.17. The van der Waals surface area contributed by atoms with Crippen LogP contribution < -0.4 is 9.08 Å². The van der Waals surface area contributed by atoms with Crippen LogP contribution in [0.25, 0.3) is 10.8 Å². The van der Waals surface area contributed by atoms with Gasteiger partial charge in [-0.25, -0.2) is 0 Å². The maximum Gasteiger partial charge on any atom is 0.339 e. The van der Waals surface area contributed by atoms with Crippen molar-refractivity contribution in [2.24, 2.45) is 0 Å². The van der Waals surface area contributed by atoms with Crippen molar-refractivity contribution in [1.29, 1.82) is 0 Å². The van der Waals surface area contributed by atoms with Crippen LogP contribution in [0, 0.1) is 0 Å². The molecular weight excluding hydrogens is 338 g/mol. The highest BCUT2D eigenvalue weighted by atomic mass is 32.2. The third kappa shape index (κ3) is 3.45. The summed E-state index contributed by atoms with van der Waals surface area (Å²) in [6, 6.07) is 17.0. The number of nitrogens with zero attached hydrogens (tertiary/aromatic N) is 1. The topological polar surface area (TPSA) is 66.8 Å². The first-order chi connectivity index (χ1) is 11.9. The van der Waals surface area contributed by atoms with E-state index in [4.69, 9.17) is 9.29 Å². The molecule has 0 radical (unpaired) electrons. The van der Waals surface area contributed by atoms with Crippen molar-refractivity contribution in [2.45, 2.75) is 11.5 Å². The number of aliphatic hydroxyl groups is 1. The summed E-state index contributed by atoms with van der Waals surface area (Å²) >= 11 is 0. The first-order valence-corrected chi connectivity index (χ1v) is 9.16. The van der Waals surface area contributed by atoms with Crippen LogP contribution in [-0.2, 0) is 16.7 Å². The van der Waals surface area contributed by atoms with Crippen LogP contribution in [0.3, 0.4) is 0 Å². The van der Waals surface area contributed by atoms with Gasteiger partial charge < -0.3 is 14.2 Å². The van der Waals surface area contributed by atoms with Gasteiger partial charge in [0, 0.05) is 30.6 Å². The molecule has 0 saturated heterocycles. The van der Waals surface area contributed by atoms with E-state index in [1.807, 2.05) is 37.2 Å². The van der Waals surface area contributed by atoms with Gasteiger partial charge in [-0.2, -0.15) is 8.42 Å². The first-order valence-electron chi connectivity index (χ1n) is 7.76. The number of rotatable bonds is 5. The fraction of sp³-hybridized carbons (Fsp3) is 0.158. The third-order valence-electron chi connectivity index (χ3n) is 3.92. The lowest BCUT2D eigenvalue weighted by Crippen LogP contribution is -2.12. The highest BCUT2D eigenvalue weighted by molar-refractivity contribution is 7.87. The summed E-state index contributed by atoms with van der Waals surface area (Å²) in [4.78, 5) is 2.06. The van der Waals surface area contributed by atoms with Crippen LogP contribution in [-0.4, -0.2) is 27.6 Å². The van der Waals surface area contributed by atoms with Crippen molar-refractivity contribution in [2.75, 3.05) is 19.0 Å². The Morgan fingerprint density at radius 2 is 1.56 bits per heavy atom. The highest BCUT2D eigenvalue weighted by Gasteiger charge is 2.20. The molecule has 0 aliphatic heterocycles. The minimum atomic E-state index is -3.98. The summed E-state index contributed by atoms with van der Waals surface area (Å²) in [6.45, 7) is -0.107. The summed E-state index contributed by atoms with van der Waals surface area (Å²) in [5.74, 6) is 0.206. The molecule has 3 aromatic rings. The summed E-state index contributed by atoms with van der Waals surface area (Å²) in [7, 11) is -0.159. The molecule has 0 aliphatic carbocycles. The zero-order chi connectivity index (χ0) is 18.0. The monoisotopic (exact) mass is 357 g/mol. The summed E-state index contributed by atoms with van der Waals surface area (Å²) in [5.41, 5.74) is 1.62. The van der Waals surface area contributed by atoms with E-state index in [9.17, 15) is 8.42 Å². The molecule has 0 bridgehead atoms. The summed E-state index contributed by atoms with van der Waals surface area (Å²) in [5, 5.41) is 10.5. The van der Waals surface area contributed by atoms with Gasteiger partial charge in [-0.15, -0.1) is 0 Å². The minimum absolute atomic E-state index is 0.107. The normalized spacial score (nSPS) is 11.5. The molecule has 130 valence electrons. The van der Waals surface area contributed by atoms with Gasteiger partial charge in [-0.1, -0.05) is 36.4 Å². The number of benzene rings is 3. The molecule has 1 N–H and O–H groups in total. The van der Waals surface area contributed by atoms with Gasteiger partial charge in [0.1, 0.15) is 10.6 Å². The molecule has 0 fully saturated rings. The van der Waals surface area contributed by atoms with Crippen molar-refractivity contribution < 1.29 is 17.7 Å². The number of hydrogen-bond acceptors (Lipinski definition) is 5. The molecule has 5 nitrogen and oxygen atoms in total. The van der Waals surface area contributed by atoms with E-state index in [1.54, 1.807) is 30.3 Å². The minimum Gasteiger partial charge on any atom is -0.392 e. The molecule has 0 amide bonds. The van der Waals surface area contributed by atoms with Gasteiger partial charge in [-0.05, 0) is 29.8 Å².